The predicted octanol–water partition coefficient (Wildman–Crippen LogP) is 3.59. The number of fused-ring (bicyclic) bond motifs is 2. The van der Waals surface area contributed by atoms with Gasteiger partial charge in [0, 0.05) is 19.5 Å². The molecule has 4 aromatic carbocycles. The van der Waals surface area contributed by atoms with Crippen molar-refractivity contribution in [3.05, 3.63) is 126 Å². The van der Waals surface area contributed by atoms with Gasteiger partial charge in [-0.25, -0.2) is 8.96 Å². The zero-order valence-electron chi connectivity index (χ0n) is 27.1. The molecule has 6 rings (SSSR count). The van der Waals surface area contributed by atoms with Crippen LogP contribution in [-0.2, 0) is 38.5 Å². The number of carbonyl (C=O) groups is 3. The monoisotopic (exact) mass is 701 g/mol. The maximum absolute atomic E-state index is 14.3. The van der Waals surface area contributed by atoms with Crippen molar-refractivity contribution in [1.29, 1.82) is 0 Å². The van der Waals surface area contributed by atoms with E-state index in [0.29, 0.717) is 12.1 Å². The molecule has 0 radical (unpaired) electrons. The largest absolute Gasteiger partial charge is 0.524 e. The van der Waals surface area contributed by atoms with Gasteiger partial charge in [0.25, 0.3) is 5.91 Å². The van der Waals surface area contributed by atoms with Crippen molar-refractivity contribution in [2.24, 2.45) is 0 Å². The Morgan fingerprint density at radius 3 is 2.42 bits per heavy atom. The summed E-state index contributed by atoms with van der Waals surface area (Å²) in [6.07, 6.45) is 1.02. The number of rotatable bonds is 13. The minimum Gasteiger partial charge on any atom is -0.404 e. The molecule has 50 heavy (non-hydrogen) atoms. The smallest absolute Gasteiger partial charge is 0.404 e. The van der Waals surface area contributed by atoms with Crippen LogP contribution in [0.2, 0.25) is 0 Å². The van der Waals surface area contributed by atoms with E-state index in [4.69, 9.17) is 0 Å². The fraction of sp³-hybridized carbons (Fsp3) is 0.250. The summed E-state index contributed by atoms with van der Waals surface area (Å²) in [4.78, 5) is 63.4. The normalized spacial score (nSPS) is 18.0. The molecule has 2 fully saturated rings. The number of hydrogen-bond acceptors (Lipinski definition) is 7. The first-order chi connectivity index (χ1) is 24.0. The Kier molecular flexibility index (Phi) is 10.4. The Morgan fingerprint density at radius 2 is 1.70 bits per heavy atom. The van der Waals surface area contributed by atoms with E-state index in [2.05, 4.69) is 16.4 Å². The molecule has 3 amide bonds. The van der Waals surface area contributed by atoms with Crippen LogP contribution in [0.3, 0.4) is 0 Å². The number of amides is 3. The third-order valence-corrected chi connectivity index (χ3v) is 9.25. The quantitative estimate of drug-likeness (QED) is 0.141. The van der Waals surface area contributed by atoms with E-state index in [0.717, 1.165) is 21.9 Å². The van der Waals surface area contributed by atoms with Crippen LogP contribution in [-0.4, -0.2) is 85.7 Å². The van der Waals surface area contributed by atoms with Crippen LogP contribution in [0.1, 0.15) is 16.7 Å². The third kappa shape index (κ3) is 7.93. The van der Waals surface area contributed by atoms with Crippen molar-refractivity contribution in [2.45, 2.75) is 31.7 Å². The number of nitrogens with zero attached hydrogens (tertiary/aromatic N) is 4. The first kappa shape index (κ1) is 34.9. The predicted molar refractivity (Wildman–Crippen MR) is 183 cm³/mol. The second-order valence-electron chi connectivity index (χ2n) is 12.2. The molecule has 2 aliphatic rings. The van der Waals surface area contributed by atoms with Gasteiger partial charge in [-0.05, 0) is 51.7 Å². The lowest BCUT2D eigenvalue weighted by atomic mass is 9.99. The number of hydrazine groups is 1. The summed E-state index contributed by atoms with van der Waals surface area (Å²) in [6.45, 7) is 4.49. The summed E-state index contributed by atoms with van der Waals surface area (Å²) in [5.74, 6) is -1.28. The summed E-state index contributed by atoms with van der Waals surface area (Å²) in [7, 11) is -4.76. The average Bonchev–Trinajstić information content (AvgIpc) is 3.41. The fourth-order valence-corrected chi connectivity index (χ4v) is 6.95. The van der Waals surface area contributed by atoms with Gasteiger partial charge in [-0.2, -0.15) is 5.01 Å². The minimum absolute atomic E-state index is 0.0393. The van der Waals surface area contributed by atoms with Crippen LogP contribution in [0.4, 0.5) is 4.39 Å². The van der Waals surface area contributed by atoms with Gasteiger partial charge >= 0.3 is 7.82 Å². The molecule has 12 nitrogen and oxygen atoms in total. The molecule has 2 aliphatic heterocycles. The second kappa shape index (κ2) is 14.9. The summed E-state index contributed by atoms with van der Waals surface area (Å²) in [6, 6.07) is 24.8. The molecule has 2 heterocycles. The van der Waals surface area contributed by atoms with Gasteiger partial charge in [-0.15, -0.1) is 6.58 Å². The maximum atomic E-state index is 14.3. The summed E-state index contributed by atoms with van der Waals surface area (Å²) >= 11 is 0. The molecule has 2 atom stereocenters. The van der Waals surface area contributed by atoms with Crippen LogP contribution < -0.4 is 9.84 Å². The Balaban J connectivity index is 1.28. The highest BCUT2D eigenvalue weighted by Gasteiger charge is 2.52. The first-order valence-corrected chi connectivity index (χ1v) is 17.6. The molecule has 0 aliphatic carbocycles. The van der Waals surface area contributed by atoms with Crippen molar-refractivity contribution < 1.29 is 37.6 Å². The number of nitrogens with one attached hydrogen (secondary N) is 1. The molecule has 14 heteroatoms. The standard InChI is InChI=1S/C36H37FN5O7P/c1-2-18-40(34(43)21-38-20-26-10-14-29(37)15-11-26)41-24-35(44)42-32(19-25-12-16-30(17-13-25)49-50(46,47)48)36(45)39(23-33(41)42)22-28-8-5-7-27-6-3-4-9-31(27)28/h2-17,32-33,38H,1,18-24H2,(H2,46,47,48)/t32?,33-/m1/s1. The number of hydrogen-bond donors (Lipinski definition) is 3. The first-order valence-electron chi connectivity index (χ1n) is 16.0. The van der Waals surface area contributed by atoms with E-state index < -0.39 is 20.0 Å². The van der Waals surface area contributed by atoms with Gasteiger partial charge in [-0.1, -0.05) is 72.8 Å². The topological polar surface area (TPSA) is 143 Å². The molecule has 2 saturated heterocycles. The van der Waals surface area contributed by atoms with Crippen LogP contribution in [0, 0.1) is 5.82 Å². The van der Waals surface area contributed by atoms with E-state index in [1.54, 1.807) is 40.3 Å². The second-order valence-corrected chi connectivity index (χ2v) is 13.3. The number of phosphoric ester groups is 1. The van der Waals surface area contributed by atoms with Gasteiger partial charge in [0.2, 0.25) is 11.8 Å². The lowest BCUT2D eigenvalue weighted by Crippen LogP contribution is -2.65. The molecule has 0 bridgehead atoms. The Labute approximate surface area is 288 Å². The molecule has 0 spiro atoms. The molecule has 1 unspecified atom stereocenters. The third-order valence-electron chi connectivity index (χ3n) is 8.80. The van der Waals surface area contributed by atoms with Crippen molar-refractivity contribution in [1.82, 2.24) is 25.1 Å². The van der Waals surface area contributed by atoms with E-state index in [1.807, 2.05) is 42.5 Å². The van der Waals surface area contributed by atoms with Gasteiger partial charge in [0.1, 0.15) is 23.8 Å². The summed E-state index contributed by atoms with van der Waals surface area (Å²) in [5.41, 5.74) is 2.38. The maximum Gasteiger partial charge on any atom is 0.524 e. The van der Waals surface area contributed by atoms with Crippen molar-refractivity contribution >= 4 is 36.3 Å². The van der Waals surface area contributed by atoms with Crippen LogP contribution in [0.15, 0.2) is 104 Å². The molecule has 0 aromatic heterocycles. The SMILES string of the molecule is C=CCN(C(=O)CNCc1ccc(F)cc1)N1CC(=O)N2C(Cc3ccc(OP(=O)(O)O)cc3)C(=O)N(Cc3cccc4ccccc34)C[C@@H]21. The number of benzene rings is 4. The van der Waals surface area contributed by atoms with E-state index in [1.165, 1.54) is 34.2 Å². The zero-order chi connectivity index (χ0) is 35.4. The van der Waals surface area contributed by atoms with Crippen molar-refractivity contribution in [3.8, 4) is 5.75 Å². The molecule has 0 saturated carbocycles. The van der Waals surface area contributed by atoms with Gasteiger partial charge in [0.15, 0.2) is 0 Å². The molecule has 4 aromatic rings. The Morgan fingerprint density at radius 1 is 1.00 bits per heavy atom. The highest BCUT2D eigenvalue weighted by Crippen LogP contribution is 2.38. The average molecular weight is 702 g/mol. The molecular weight excluding hydrogens is 664 g/mol. The molecule has 260 valence electrons. The molecular formula is C36H37FN5O7P. The number of carbonyl (C=O) groups excluding carboxylic acids is 3. The zero-order valence-corrected chi connectivity index (χ0v) is 28.0. The lowest BCUT2D eigenvalue weighted by molar-refractivity contribution is -0.165. The van der Waals surface area contributed by atoms with Crippen LogP contribution in [0.25, 0.3) is 10.8 Å². The number of halogens is 1. The Hall–Kier alpha value is -4.91. The van der Waals surface area contributed by atoms with Gasteiger partial charge in [-0.3, -0.25) is 29.2 Å². The van der Waals surface area contributed by atoms with E-state index >= 15 is 0 Å². The summed E-state index contributed by atoms with van der Waals surface area (Å²) < 4.78 is 29.3. The number of piperazine rings is 1. The van der Waals surface area contributed by atoms with Gasteiger partial charge in [0.05, 0.1) is 26.2 Å². The van der Waals surface area contributed by atoms with E-state index in [9.17, 15) is 33.1 Å². The summed E-state index contributed by atoms with van der Waals surface area (Å²) in [5, 5.41) is 8.29. The van der Waals surface area contributed by atoms with E-state index in [-0.39, 0.29) is 68.4 Å². The van der Waals surface area contributed by atoms with Crippen LogP contribution in [0.5, 0.6) is 5.75 Å². The van der Waals surface area contributed by atoms with Crippen molar-refractivity contribution in [2.75, 3.05) is 26.2 Å². The number of phosphoric acid groups is 1. The van der Waals surface area contributed by atoms with Gasteiger partial charge < -0.3 is 19.6 Å². The Bertz CT molecular complexity index is 1930. The van der Waals surface area contributed by atoms with Crippen LogP contribution >= 0.6 is 7.82 Å². The highest BCUT2D eigenvalue weighted by atomic mass is 31.2. The minimum atomic E-state index is -4.76. The lowest BCUT2D eigenvalue weighted by Gasteiger charge is -2.46. The fourth-order valence-electron chi connectivity index (χ4n) is 6.55. The highest BCUT2D eigenvalue weighted by molar-refractivity contribution is 7.46. The van der Waals surface area contributed by atoms with Crippen molar-refractivity contribution in [3.63, 3.8) is 0 Å². The molecule has 3 N–H and O–H groups in total.